The van der Waals surface area contributed by atoms with Crippen molar-refractivity contribution in [1.82, 2.24) is 19.6 Å². The van der Waals surface area contributed by atoms with Gasteiger partial charge in [-0.05, 0) is 66.4 Å². The van der Waals surface area contributed by atoms with E-state index in [4.69, 9.17) is 22.3 Å². The largest absolute Gasteiger partial charge is 0.337 e. The van der Waals surface area contributed by atoms with Crippen LogP contribution in [0.25, 0.3) is 16.7 Å². The van der Waals surface area contributed by atoms with Gasteiger partial charge in [-0.3, -0.25) is 4.57 Å². The van der Waals surface area contributed by atoms with Crippen molar-refractivity contribution < 1.29 is 13.2 Å². The van der Waals surface area contributed by atoms with Gasteiger partial charge in [0.1, 0.15) is 5.82 Å². The number of hydrogen-bond donors (Lipinski definition) is 3. The molecule has 10 heteroatoms. The maximum Gasteiger partial charge on any atom is 0.328 e. The predicted molar refractivity (Wildman–Crippen MR) is 146 cm³/mol. The molecular weight excluding hydrogens is 510 g/mol. The second-order valence-corrected chi connectivity index (χ2v) is 10.8. The van der Waals surface area contributed by atoms with Crippen LogP contribution in [0.2, 0.25) is 5.02 Å². The maximum absolute atomic E-state index is 12.4. The predicted octanol–water partition coefficient (Wildman–Crippen LogP) is 4.71. The SMILES string of the molecule is CCCCc1nc2ccc(Cl)cc2n1-c1ccc(CCNC(=O)NS(=O)(=O)c2ccc(CN)cc2)cc1. The minimum Gasteiger partial charge on any atom is -0.337 e. The summed E-state index contributed by atoms with van der Waals surface area (Å²) in [7, 11) is -3.96. The summed E-state index contributed by atoms with van der Waals surface area (Å²) in [6.07, 6.45) is 3.52. The molecule has 4 aromatic rings. The number of unbranched alkanes of at least 4 members (excludes halogenated alkanes) is 1. The third-order valence-corrected chi connectivity index (χ3v) is 7.61. The topological polar surface area (TPSA) is 119 Å². The van der Waals surface area contributed by atoms with Gasteiger partial charge in [0.2, 0.25) is 0 Å². The number of imidazole rings is 1. The number of carbonyl (C=O) groups excluding carboxylic acids is 1. The van der Waals surface area contributed by atoms with Gasteiger partial charge in [-0.15, -0.1) is 0 Å². The molecule has 37 heavy (non-hydrogen) atoms. The number of urea groups is 1. The number of halogens is 1. The molecular formula is C27H30ClN5O3S. The molecule has 194 valence electrons. The zero-order valence-electron chi connectivity index (χ0n) is 20.6. The Hall–Kier alpha value is -3.40. The molecule has 0 atom stereocenters. The first-order valence-corrected chi connectivity index (χ1v) is 14.0. The number of sulfonamides is 1. The van der Waals surface area contributed by atoms with Gasteiger partial charge >= 0.3 is 6.03 Å². The lowest BCUT2D eigenvalue weighted by Crippen LogP contribution is -2.40. The second-order valence-electron chi connectivity index (χ2n) is 8.73. The van der Waals surface area contributed by atoms with Crippen LogP contribution in [-0.4, -0.2) is 30.5 Å². The lowest BCUT2D eigenvalue weighted by Gasteiger charge is -2.11. The average molecular weight is 540 g/mol. The summed E-state index contributed by atoms with van der Waals surface area (Å²) >= 11 is 6.26. The Balaban J connectivity index is 1.39. The highest BCUT2D eigenvalue weighted by molar-refractivity contribution is 7.90. The molecule has 0 fully saturated rings. The smallest absolute Gasteiger partial charge is 0.328 e. The Labute approximate surface area is 221 Å². The van der Waals surface area contributed by atoms with Crippen molar-refractivity contribution in [3.05, 3.63) is 88.7 Å². The normalized spacial score (nSPS) is 11.5. The molecule has 1 aromatic heterocycles. The quantitative estimate of drug-likeness (QED) is 0.269. The molecule has 0 radical (unpaired) electrons. The van der Waals surface area contributed by atoms with Gasteiger partial charge in [0.25, 0.3) is 10.0 Å². The fraction of sp³-hybridized carbons (Fsp3) is 0.259. The molecule has 2 amide bonds. The molecule has 8 nitrogen and oxygen atoms in total. The first kappa shape index (κ1) is 26.7. The Morgan fingerprint density at radius 2 is 1.70 bits per heavy atom. The van der Waals surface area contributed by atoms with E-state index in [0.717, 1.165) is 52.9 Å². The number of amides is 2. The van der Waals surface area contributed by atoms with Crippen LogP contribution in [0.5, 0.6) is 0 Å². The molecule has 0 bridgehead atoms. The number of aromatic nitrogens is 2. The van der Waals surface area contributed by atoms with Gasteiger partial charge in [0.05, 0.1) is 15.9 Å². The average Bonchev–Trinajstić information content (AvgIpc) is 3.25. The summed E-state index contributed by atoms with van der Waals surface area (Å²) in [4.78, 5) is 17.0. The number of hydrogen-bond acceptors (Lipinski definition) is 5. The molecule has 0 aliphatic heterocycles. The molecule has 4 rings (SSSR count). The molecule has 0 aliphatic rings. The number of carbonyl (C=O) groups is 1. The summed E-state index contributed by atoms with van der Waals surface area (Å²) in [5.41, 5.74) is 10.2. The van der Waals surface area contributed by atoms with Gasteiger partial charge in [0.15, 0.2) is 0 Å². The Morgan fingerprint density at radius 3 is 2.38 bits per heavy atom. The van der Waals surface area contributed by atoms with E-state index in [-0.39, 0.29) is 11.4 Å². The van der Waals surface area contributed by atoms with Gasteiger partial charge in [-0.25, -0.2) is 22.9 Å². The standard InChI is InChI=1S/C27H30ClN5O3S/c1-2-3-4-26-31-24-14-9-21(28)17-25(24)33(26)22-10-5-19(6-11-22)15-16-30-27(34)32-37(35,36)23-12-7-20(18-29)8-13-23/h5-14,17H,2-4,15-16,18,29H2,1H3,(H2,30,32,34). The van der Waals surface area contributed by atoms with Gasteiger partial charge in [-0.1, -0.05) is 49.2 Å². The molecule has 0 saturated carbocycles. The van der Waals surface area contributed by atoms with E-state index >= 15 is 0 Å². The Kier molecular flexibility index (Phi) is 8.48. The molecule has 0 spiro atoms. The first-order valence-electron chi connectivity index (χ1n) is 12.2. The van der Waals surface area contributed by atoms with Crippen LogP contribution in [0.1, 0.15) is 36.7 Å². The number of benzene rings is 3. The van der Waals surface area contributed by atoms with E-state index in [1.807, 2.05) is 47.2 Å². The number of rotatable bonds is 10. The molecule has 0 aliphatic carbocycles. The van der Waals surface area contributed by atoms with Gasteiger partial charge in [0, 0.05) is 30.2 Å². The van der Waals surface area contributed by atoms with Crippen molar-refractivity contribution in [3.8, 4) is 5.69 Å². The molecule has 0 unspecified atom stereocenters. The van der Waals surface area contributed by atoms with E-state index in [0.29, 0.717) is 18.0 Å². The highest BCUT2D eigenvalue weighted by Crippen LogP contribution is 2.26. The number of nitrogens with two attached hydrogens (primary N) is 1. The number of nitrogens with zero attached hydrogens (tertiary/aromatic N) is 2. The van der Waals surface area contributed by atoms with Crippen LogP contribution in [0, 0.1) is 0 Å². The van der Waals surface area contributed by atoms with Crippen molar-refractivity contribution in [2.24, 2.45) is 5.73 Å². The summed E-state index contributed by atoms with van der Waals surface area (Å²) < 4.78 is 29.0. The highest BCUT2D eigenvalue weighted by Gasteiger charge is 2.17. The van der Waals surface area contributed by atoms with Crippen molar-refractivity contribution in [2.45, 2.75) is 44.0 Å². The third-order valence-electron chi connectivity index (χ3n) is 6.03. The van der Waals surface area contributed by atoms with E-state index < -0.39 is 16.1 Å². The minimum absolute atomic E-state index is 0.00191. The zero-order chi connectivity index (χ0) is 26.4. The second kappa shape index (κ2) is 11.8. The fourth-order valence-electron chi connectivity index (χ4n) is 4.04. The fourth-order valence-corrected chi connectivity index (χ4v) is 5.14. The first-order chi connectivity index (χ1) is 17.8. The monoisotopic (exact) mass is 539 g/mol. The van der Waals surface area contributed by atoms with E-state index in [1.165, 1.54) is 12.1 Å². The van der Waals surface area contributed by atoms with Crippen LogP contribution in [0.4, 0.5) is 4.79 Å². The van der Waals surface area contributed by atoms with E-state index in [9.17, 15) is 13.2 Å². The summed E-state index contributed by atoms with van der Waals surface area (Å²) in [6, 6.07) is 19.0. The van der Waals surface area contributed by atoms with Crippen molar-refractivity contribution >= 4 is 38.7 Å². The Morgan fingerprint density at radius 1 is 1.00 bits per heavy atom. The van der Waals surface area contributed by atoms with Gasteiger partial charge in [-0.2, -0.15) is 0 Å². The van der Waals surface area contributed by atoms with Crippen LogP contribution in [0.15, 0.2) is 71.6 Å². The lowest BCUT2D eigenvalue weighted by atomic mass is 10.1. The number of nitrogens with one attached hydrogen (secondary N) is 2. The van der Waals surface area contributed by atoms with Crippen LogP contribution in [-0.2, 0) is 29.4 Å². The van der Waals surface area contributed by atoms with Crippen LogP contribution < -0.4 is 15.8 Å². The Bertz CT molecular complexity index is 1480. The van der Waals surface area contributed by atoms with Crippen molar-refractivity contribution in [3.63, 3.8) is 0 Å². The summed E-state index contributed by atoms with van der Waals surface area (Å²) in [5.74, 6) is 0.990. The maximum atomic E-state index is 12.4. The van der Waals surface area contributed by atoms with Crippen LogP contribution in [0.3, 0.4) is 0 Å². The van der Waals surface area contributed by atoms with Gasteiger partial charge < -0.3 is 11.1 Å². The molecule has 3 aromatic carbocycles. The van der Waals surface area contributed by atoms with Crippen molar-refractivity contribution in [2.75, 3.05) is 6.54 Å². The van der Waals surface area contributed by atoms with E-state index in [1.54, 1.807) is 12.1 Å². The third kappa shape index (κ3) is 6.49. The van der Waals surface area contributed by atoms with E-state index in [2.05, 4.69) is 16.8 Å². The zero-order valence-corrected chi connectivity index (χ0v) is 22.1. The molecule has 1 heterocycles. The molecule has 0 saturated heterocycles. The van der Waals surface area contributed by atoms with Crippen molar-refractivity contribution in [1.29, 1.82) is 0 Å². The summed E-state index contributed by atoms with van der Waals surface area (Å²) in [6.45, 7) is 2.74. The summed E-state index contributed by atoms with van der Waals surface area (Å²) in [5, 5.41) is 3.26. The lowest BCUT2D eigenvalue weighted by molar-refractivity contribution is 0.246. The highest BCUT2D eigenvalue weighted by atomic mass is 35.5. The number of fused-ring (bicyclic) bond motifs is 1. The molecule has 4 N–H and O–H groups in total. The number of aryl methyl sites for hydroxylation is 1. The van der Waals surface area contributed by atoms with Crippen LogP contribution >= 0.6 is 11.6 Å². The minimum atomic E-state index is -3.96.